The lowest BCUT2D eigenvalue weighted by atomic mass is 10.1. The third-order valence-corrected chi connectivity index (χ3v) is 5.01. The molecule has 1 N–H and O–H groups in total. The van der Waals surface area contributed by atoms with Crippen LogP contribution in [0.2, 0.25) is 0 Å². The zero-order valence-electron chi connectivity index (χ0n) is 8.64. The summed E-state index contributed by atoms with van der Waals surface area (Å²) in [5.41, 5.74) is 0.597. The van der Waals surface area contributed by atoms with E-state index in [1.54, 1.807) is 0 Å². The number of hydrogen-bond acceptors (Lipinski definition) is 2. The van der Waals surface area contributed by atoms with E-state index >= 15 is 0 Å². The van der Waals surface area contributed by atoms with Crippen LogP contribution >= 0.6 is 27.3 Å². The Kier molecular flexibility index (Phi) is 3.01. The largest absolute Gasteiger partial charge is 0.312 e. The first kappa shape index (κ1) is 10.7. The van der Waals surface area contributed by atoms with Gasteiger partial charge in [-0.25, -0.2) is 0 Å². The zero-order valence-corrected chi connectivity index (χ0v) is 11.0. The summed E-state index contributed by atoms with van der Waals surface area (Å²) in [6, 6.07) is 2.11. The molecule has 1 aromatic heterocycles. The van der Waals surface area contributed by atoms with E-state index in [0.29, 0.717) is 5.41 Å². The lowest BCUT2D eigenvalue weighted by Gasteiger charge is -2.05. The molecule has 1 fully saturated rings. The van der Waals surface area contributed by atoms with Crippen LogP contribution in [0.3, 0.4) is 0 Å². The maximum atomic E-state index is 3.54. The maximum absolute atomic E-state index is 3.54. The molecule has 14 heavy (non-hydrogen) atoms. The van der Waals surface area contributed by atoms with Crippen molar-refractivity contribution in [2.24, 2.45) is 11.3 Å². The van der Waals surface area contributed by atoms with Gasteiger partial charge in [0.2, 0.25) is 0 Å². The van der Waals surface area contributed by atoms with E-state index in [-0.39, 0.29) is 0 Å². The van der Waals surface area contributed by atoms with Gasteiger partial charge in [0.15, 0.2) is 0 Å². The molecule has 0 aliphatic heterocycles. The number of nitrogens with one attached hydrogen (secondary N) is 1. The first-order valence-electron chi connectivity index (χ1n) is 5.02. The highest BCUT2D eigenvalue weighted by molar-refractivity contribution is 9.10. The molecule has 2 rings (SSSR count). The Hall–Kier alpha value is 0.140. The first-order valence-corrected chi connectivity index (χ1v) is 6.69. The Balaban J connectivity index is 1.72. The van der Waals surface area contributed by atoms with Crippen LogP contribution in [-0.4, -0.2) is 6.54 Å². The minimum Gasteiger partial charge on any atom is -0.312 e. The first-order chi connectivity index (χ1) is 6.59. The number of rotatable bonds is 4. The van der Waals surface area contributed by atoms with Gasteiger partial charge in [-0.3, -0.25) is 0 Å². The second kappa shape index (κ2) is 3.95. The Morgan fingerprint density at radius 3 is 2.86 bits per heavy atom. The van der Waals surface area contributed by atoms with E-state index in [4.69, 9.17) is 0 Å². The van der Waals surface area contributed by atoms with Crippen molar-refractivity contribution in [2.45, 2.75) is 26.8 Å². The average molecular weight is 274 g/mol. The van der Waals surface area contributed by atoms with Gasteiger partial charge in [-0.05, 0) is 51.7 Å². The monoisotopic (exact) mass is 273 g/mol. The van der Waals surface area contributed by atoms with E-state index < -0.39 is 0 Å². The van der Waals surface area contributed by atoms with Crippen LogP contribution in [0.4, 0.5) is 0 Å². The summed E-state index contributed by atoms with van der Waals surface area (Å²) in [5, 5.41) is 5.65. The van der Waals surface area contributed by atoms with Crippen LogP contribution in [0.1, 0.15) is 25.1 Å². The van der Waals surface area contributed by atoms with Gasteiger partial charge >= 0.3 is 0 Å². The molecule has 1 aromatic rings. The summed E-state index contributed by atoms with van der Waals surface area (Å²) >= 11 is 5.35. The standard InChI is InChI=1S/C11H16BrNS/c1-11(2)5-8(11)6-13-7-10-9(12)3-4-14-10/h3-4,8,13H,5-7H2,1-2H3. The van der Waals surface area contributed by atoms with Crippen LogP contribution in [0, 0.1) is 11.3 Å². The molecule has 1 nitrogen and oxygen atoms in total. The molecule has 1 aliphatic rings. The predicted molar refractivity (Wildman–Crippen MR) is 65.6 cm³/mol. The summed E-state index contributed by atoms with van der Waals surface area (Å²) in [7, 11) is 0. The van der Waals surface area contributed by atoms with Gasteiger partial charge in [0.05, 0.1) is 0 Å². The van der Waals surface area contributed by atoms with Crippen molar-refractivity contribution in [1.29, 1.82) is 0 Å². The predicted octanol–water partition coefficient (Wildman–Crippen LogP) is 3.65. The molecule has 0 saturated heterocycles. The van der Waals surface area contributed by atoms with Crippen LogP contribution in [0.5, 0.6) is 0 Å². The Morgan fingerprint density at radius 2 is 2.36 bits per heavy atom. The van der Waals surface area contributed by atoms with Crippen molar-refractivity contribution >= 4 is 27.3 Å². The van der Waals surface area contributed by atoms with E-state index in [2.05, 4.69) is 46.5 Å². The fraction of sp³-hybridized carbons (Fsp3) is 0.636. The van der Waals surface area contributed by atoms with Crippen LogP contribution in [0.25, 0.3) is 0 Å². The normalized spacial score (nSPS) is 23.8. The minimum absolute atomic E-state index is 0.597. The molecular weight excluding hydrogens is 258 g/mol. The minimum atomic E-state index is 0.597. The topological polar surface area (TPSA) is 12.0 Å². The Morgan fingerprint density at radius 1 is 1.64 bits per heavy atom. The molecular formula is C11H16BrNS. The van der Waals surface area contributed by atoms with Gasteiger partial charge in [-0.1, -0.05) is 13.8 Å². The van der Waals surface area contributed by atoms with Gasteiger partial charge in [0, 0.05) is 15.9 Å². The van der Waals surface area contributed by atoms with Gasteiger partial charge in [-0.2, -0.15) is 0 Å². The molecule has 1 aliphatic carbocycles. The van der Waals surface area contributed by atoms with E-state index in [9.17, 15) is 0 Å². The Labute approximate surface area is 98.0 Å². The molecule has 0 radical (unpaired) electrons. The smallest absolute Gasteiger partial charge is 0.0327 e. The fourth-order valence-electron chi connectivity index (χ4n) is 1.74. The van der Waals surface area contributed by atoms with Crippen molar-refractivity contribution in [2.75, 3.05) is 6.54 Å². The summed E-state index contributed by atoms with van der Waals surface area (Å²) in [4.78, 5) is 1.41. The summed E-state index contributed by atoms with van der Waals surface area (Å²) in [5.74, 6) is 0.890. The third kappa shape index (κ3) is 2.38. The highest BCUT2D eigenvalue weighted by Crippen LogP contribution is 2.51. The fourth-order valence-corrected chi connectivity index (χ4v) is 3.20. The van der Waals surface area contributed by atoms with E-state index in [1.807, 2.05) is 11.3 Å². The molecule has 3 heteroatoms. The molecule has 1 heterocycles. The van der Waals surface area contributed by atoms with Crippen molar-refractivity contribution < 1.29 is 0 Å². The van der Waals surface area contributed by atoms with Crippen LogP contribution in [0.15, 0.2) is 15.9 Å². The molecule has 0 spiro atoms. The maximum Gasteiger partial charge on any atom is 0.0327 e. The molecule has 1 saturated carbocycles. The van der Waals surface area contributed by atoms with E-state index in [1.165, 1.54) is 15.8 Å². The summed E-state index contributed by atoms with van der Waals surface area (Å²) in [6.07, 6.45) is 1.38. The van der Waals surface area contributed by atoms with Crippen molar-refractivity contribution in [3.63, 3.8) is 0 Å². The number of halogens is 1. The summed E-state index contributed by atoms with van der Waals surface area (Å²) in [6.45, 7) is 6.86. The SMILES string of the molecule is CC1(C)CC1CNCc1sccc1Br. The highest BCUT2D eigenvalue weighted by atomic mass is 79.9. The molecule has 0 bridgehead atoms. The van der Waals surface area contributed by atoms with Crippen LogP contribution < -0.4 is 5.32 Å². The van der Waals surface area contributed by atoms with Crippen molar-refractivity contribution in [3.8, 4) is 0 Å². The molecule has 78 valence electrons. The lowest BCUT2D eigenvalue weighted by Crippen LogP contribution is -2.17. The molecule has 1 atom stereocenters. The van der Waals surface area contributed by atoms with Crippen molar-refractivity contribution in [3.05, 3.63) is 20.8 Å². The Bertz CT molecular complexity index is 319. The van der Waals surface area contributed by atoms with Gasteiger partial charge < -0.3 is 5.32 Å². The third-order valence-electron chi connectivity index (χ3n) is 3.08. The van der Waals surface area contributed by atoms with Gasteiger partial charge in [-0.15, -0.1) is 11.3 Å². The lowest BCUT2D eigenvalue weighted by molar-refractivity contribution is 0.520. The second-order valence-electron chi connectivity index (χ2n) is 4.71. The molecule has 0 amide bonds. The highest BCUT2D eigenvalue weighted by Gasteiger charge is 2.44. The quantitative estimate of drug-likeness (QED) is 0.883. The molecule has 0 aromatic carbocycles. The second-order valence-corrected chi connectivity index (χ2v) is 6.57. The summed E-state index contributed by atoms with van der Waals surface area (Å²) < 4.78 is 1.24. The van der Waals surface area contributed by atoms with Gasteiger partial charge in [0.25, 0.3) is 0 Å². The molecule has 1 unspecified atom stereocenters. The number of thiophene rings is 1. The van der Waals surface area contributed by atoms with Gasteiger partial charge in [0.1, 0.15) is 0 Å². The van der Waals surface area contributed by atoms with Crippen LogP contribution in [-0.2, 0) is 6.54 Å². The average Bonchev–Trinajstić information content (AvgIpc) is 2.53. The van der Waals surface area contributed by atoms with Crippen molar-refractivity contribution in [1.82, 2.24) is 5.32 Å². The number of hydrogen-bond donors (Lipinski definition) is 1. The van der Waals surface area contributed by atoms with E-state index in [0.717, 1.165) is 19.0 Å². The zero-order chi connectivity index (χ0) is 10.2.